The van der Waals surface area contributed by atoms with Gasteiger partial charge in [0.15, 0.2) is 5.78 Å². The normalized spacial score (nSPS) is 16.8. The van der Waals surface area contributed by atoms with E-state index in [0.29, 0.717) is 23.5 Å². The number of ether oxygens (including phenoxy) is 2. The maximum atomic E-state index is 12.8. The summed E-state index contributed by atoms with van der Waals surface area (Å²) in [5.41, 5.74) is 2.56. The predicted octanol–water partition coefficient (Wildman–Crippen LogP) is 4.76. The highest BCUT2D eigenvalue weighted by Gasteiger charge is 2.23. The molecule has 1 atom stereocenters. The van der Waals surface area contributed by atoms with E-state index in [1.54, 1.807) is 6.07 Å². The third kappa shape index (κ3) is 4.05. The van der Waals surface area contributed by atoms with Gasteiger partial charge in [-0.25, -0.2) is 0 Å². The molecule has 24 heavy (non-hydrogen) atoms. The fourth-order valence-electron chi connectivity index (χ4n) is 2.40. The van der Waals surface area contributed by atoms with Crippen LogP contribution in [0.1, 0.15) is 42.3 Å². The van der Waals surface area contributed by atoms with Gasteiger partial charge in [0.05, 0.1) is 6.61 Å². The van der Waals surface area contributed by atoms with Crippen molar-refractivity contribution in [2.24, 2.45) is 0 Å². The molecule has 3 nitrogen and oxygen atoms in total. The van der Waals surface area contributed by atoms with Crippen LogP contribution in [0.4, 0.5) is 0 Å². The smallest absolute Gasteiger partial charge is 0.194 e. The Kier molecular flexibility index (Phi) is 4.79. The van der Waals surface area contributed by atoms with Gasteiger partial charge < -0.3 is 9.47 Å². The molecule has 1 aliphatic heterocycles. The van der Waals surface area contributed by atoms with E-state index >= 15 is 0 Å². The van der Waals surface area contributed by atoms with Crippen molar-refractivity contribution in [3.63, 3.8) is 0 Å². The van der Waals surface area contributed by atoms with Crippen molar-refractivity contribution in [2.75, 3.05) is 13.2 Å². The van der Waals surface area contributed by atoms with Gasteiger partial charge >= 0.3 is 0 Å². The maximum absolute atomic E-state index is 12.8. The lowest BCUT2D eigenvalue weighted by molar-refractivity contribution is 0.103. The van der Waals surface area contributed by atoms with Gasteiger partial charge in [-0.1, -0.05) is 61.0 Å². The van der Waals surface area contributed by atoms with Crippen LogP contribution in [0, 0.1) is 0 Å². The Morgan fingerprint density at radius 3 is 2.46 bits per heavy atom. The highest BCUT2D eigenvalue weighted by atomic mass is 79.9. The topological polar surface area (TPSA) is 38.8 Å². The third-order valence-electron chi connectivity index (χ3n) is 4.03. The molecule has 1 unspecified atom stereocenters. The van der Waals surface area contributed by atoms with Gasteiger partial charge in [0, 0.05) is 15.6 Å². The molecule has 2 aromatic carbocycles. The summed E-state index contributed by atoms with van der Waals surface area (Å²) in [4.78, 5) is 12.8. The van der Waals surface area contributed by atoms with Gasteiger partial charge in [-0.3, -0.25) is 4.79 Å². The minimum Gasteiger partial charge on any atom is -0.491 e. The molecule has 1 aliphatic rings. The molecule has 2 aromatic rings. The second-order valence-electron chi connectivity index (χ2n) is 7.06. The summed E-state index contributed by atoms with van der Waals surface area (Å²) in [6.07, 6.45) is 0.192. The minimum atomic E-state index is -0.0181. The number of hydrogen-bond donors (Lipinski definition) is 0. The molecule has 0 amide bonds. The Labute approximate surface area is 151 Å². The van der Waals surface area contributed by atoms with E-state index < -0.39 is 0 Å². The second-order valence-corrected chi connectivity index (χ2v) is 7.92. The molecule has 0 saturated carbocycles. The van der Waals surface area contributed by atoms with Gasteiger partial charge in [0.25, 0.3) is 0 Å². The number of carbonyl (C=O) groups excluding carboxylic acids is 1. The van der Waals surface area contributed by atoms with E-state index in [9.17, 15) is 4.79 Å². The molecule has 1 saturated heterocycles. The Morgan fingerprint density at radius 2 is 1.88 bits per heavy atom. The maximum Gasteiger partial charge on any atom is 0.194 e. The fourth-order valence-corrected chi connectivity index (χ4v) is 2.83. The van der Waals surface area contributed by atoms with Crippen LogP contribution in [-0.4, -0.2) is 25.1 Å². The van der Waals surface area contributed by atoms with E-state index in [2.05, 4.69) is 36.7 Å². The predicted molar refractivity (Wildman–Crippen MR) is 98.0 cm³/mol. The Morgan fingerprint density at radius 1 is 1.21 bits per heavy atom. The van der Waals surface area contributed by atoms with Crippen LogP contribution < -0.4 is 4.74 Å². The van der Waals surface area contributed by atoms with Crippen molar-refractivity contribution in [1.82, 2.24) is 0 Å². The first kappa shape index (κ1) is 17.2. The van der Waals surface area contributed by atoms with Gasteiger partial charge in [-0.2, -0.15) is 0 Å². The molecule has 4 heteroatoms. The van der Waals surface area contributed by atoms with Crippen molar-refractivity contribution in [3.8, 4) is 5.75 Å². The average molecular weight is 389 g/mol. The van der Waals surface area contributed by atoms with E-state index in [-0.39, 0.29) is 17.3 Å². The van der Waals surface area contributed by atoms with Crippen molar-refractivity contribution in [3.05, 3.63) is 63.6 Å². The van der Waals surface area contributed by atoms with Crippen LogP contribution in [0.2, 0.25) is 0 Å². The zero-order chi connectivity index (χ0) is 17.3. The van der Waals surface area contributed by atoms with Gasteiger partial charge in [-0.15, -0.1) is 0 Å². The van der Waals surface area contributed by atoms with E-state index in [0.717, 1.165) is 11.1 Å². The first-order valence-corrected chi connectivity index (χ1v) is 8.83. The monoisotopic (exact) mass is 388 g/mol. The number of ketones is 1. The van der Waals surface area contributed by atoms with Crippen molar-refractivity contribution < 1.29 is 14.3 Å². The summed E-state index contributed by atoms with van der Waals surface area (Å²) in [7, 11) is 0. The van der Waals surface area contributed by atoms with Crippen LogP contribution in [-0.2, 0) is 10.2 Å². The summed E-state index contributed by atoms with van der Waals surface area (Å²) >= 11 is 3.47. The standard InChI is InChI=1S/C20H21BrO3/c1-20(2,3)14-6-4-13(5-7-14)19(22)17-10-15(8-9-18(17)21)23-11-16-12-24-16/h4-10,16H,11-12H2,1-3H3. The quantitative estimate of drug-likeness (QED) is 0.547. The summed E-state index contributed by atoms with van der Waals surface area (Å²) in [6.45, 7) is 7.75. The summed E-state index contributed by atoms with van der Waals surface area (Å²) in [5, 5.41) is 0. The molecule has 3 rings (SSSR count). The average Bonchev–Trinajstić information content (AvgIpc) is 3.37. The van der Waals surface area contributed by atoms with Crippen molar-refractivity contribution >= 4 is 21.7 Å². The largest absolute Gasteiger partial charge is 0.491 e. The zero-order valence-corrected chi connectivity index (χ0v) is 15.7. The van der Waals surface area contributed by atoms with Crippen LogP contribution in [0.15, 0.2) is 46.9 Å². The lowest BCUT2D eigenvalue weighted by Crippen LogP contribution is -2.11. The van der Waals surface area contributed by atoms with Crippen molar-refractivity contribution in [2.45, 2.75) is 32.3 Å². The van der Waals surface area contributed by atoms with Crippen LogP contribution >= 0.6 is 15.9 Å². The molecule has 0 spiro atoms. The molecule has 0 bridgehead atoms. The van der Waals surface area contributed by atoms with Gasteiger partial charge in [0.2, 0.25) is 0 Å². The second kappa shape index (κ2) is 6.69. The minimum absolute atomic E-state index is 0.0181. The van der Waals surface area contributed by atoms with Crippen LogP contribution in [0.3, 0.4) is 0 Å². The molecule has 0 radical (unpaired) electrons. The number of rotatable bonds is 5. The summed E-state index contributed by atoms with van der Waals surface area (Å²) in [6, 6.07) is 13.3. The Hall–Kier alpha value is -1.65. The number of epoxide rings is 1. The summed E-state index contributed by atoms with van der Waals surface area (Å²) in [5.74, 6) is 0.666. The Bertz CT molecular complexity index is 740. The van der Waals surface area contributed by atoms with Crippen LogP contribution in [0.25, 0.3) is 0 Å². The van der Waals surface area contributed by atoms with Crippen LogP contribution in [0.5, 0.6) is 5.75 Å². The first-order chi connectivity index (χ1) is 11.3. The van der Waals surface area contributed by atoms with Gasteiger partial charge in [0.1, 0.15) is 18.5 Å². The summed E-state index contributed by atoms with van der Waals surface area (Å²) < 4.78 is 11.6. The SMILES string of the molecule is CC(C)(C)c1ccc(C(=O)c2cc(OCC3CO3)ccc2Br)cc1. The zero-order valence-electron chi connectivity index (χ0n) is 14.1. The lowest BCUT2D eigenvalue weighted by atomic mass is 9.86. The van der Waals surface area contributed by atoms with Crippen molar-refractivity contribution in [1.29, 1.82) is 0 Å². The molecule has 1 heterocycles. The number of carbonyl (C=O) groups is 1. The highest BCUT2D eigenvalue weighted by molar-refractivity contribution is 9.10. The third-order valence-corrected chi connectivity index (χ3v) is 4.73. The van der Waals surface area contributed by atoms with E-state index in [4.69, 9.17) is 9.47 Å². The lowest BCUT2D eigenvalue weighted by Gasteiger charge is -2.19. The highest BCUT2D eigenvalue weighted by Crippen LogP contribution is 2.27. The van der Waals surface area contributed by atoms with E-state index in [1.807, 2.05) is 36.4 Å². The molecular formula is C20H21BrO3. The Balaban J connectivity index is 1.81. The first-order valence-electron chi connectivity index (χ1n) is 8.04. The number of halogens is 1. The molecule has 0 aliphatic carbocycles. The fraction of sp³-hybridized carbons (Fsp3) is 0.350. The van der Waals surface area contributed by atoms with E-state index in [1.165, 1.54) is 5.56 Å². The molecule has 0 N–H and O–H groups in total. The molecule has 0 aromatic heterocycles. The van der Waals surface area contributed by atoms with Gasteiger partial charge in [-0.05, 0) is 29.2 Å². The molecule has 126 valence electrons. The molecule has 1 fully saturated rings. The number of hydrogen-bond acceptors (Lipinski definition) is 3. The molecular weight excluding hydrogens is 368 g/mol. The number of benzene rings is 2.